The molecule has 0 aliphatic rings. The number of nitrogen functional groups attached to an aromatic ring is 1. The molecular weight excluding hydrogens is 437 g/mol. The summed E-state index contributed by atoms with van der Waals surface area (Å²) in [6, 6.07) is 13.9. The average molecular weight is 454 g/mol. The molecule has 156 valence electrons. The average Bonchev–Trinajstić information content (AvgIpc) is 3.24. The number of para-hydroxylation sites is 1. The molecule has 0 aliphatic heterocycles. The van der Waals surface area contributed by atoms with Gasteiger partial charge in [0.25, 0.3) is 5.91 Å². The Kier molecular flexibility index (Phi) is 6.10. The summed E-state index contributed by atoms with van der Waals surface area (Å²) in [5, 5.41) is 8.50. The molecule has 2 heterocycles. The van der Waals surface area contributed by atoms with Crippen LogP contribution in [0.1, 0.15) is 10.4 Å². The van der Waals surface area contributed by atoms with Gasteiger partial charge in [0.15, 0.2) is 5.16 Å². The number of thioether (sulfide) groups is 1. The number of carbonyl (C=O) groups excluding carboxylic acids is 2. The Morgan fingerprint density at radius 3 is 2.61 bits per heavy atom. The quantitative estimate of drug-likeness (QED) is 0.295. The normalized spacial score (nSPS) is 10.7. The van der Waals surface area contributed by atoms with E-state index in [0.717, 1.165) is 22.0 Å². The molecule has 0 bridgehead atoms. The highest BCUT2D eigenvalue weighted by Gasteiger charge is 2.15. The van der Waals surface area contributed by atoms with Gasteiger partial charge in [-0.05, 0) is 47.8 Å². The molecule has 2 amide bonds. The maximum atomic E-state index is 13.1. The number of thiophene rings is 1. The second-order valence-corrected chi connectivity index (χ2v) is 8.21. The largest absolute Gasteiger partial charge is 0.383 e. The van der Waals surface area contributed by atoms with Crippen molar-refractivity contribution in [1.29, 1.82) is 0 Å². The van der Waals surface area contributed by atoms with E-state index in [9.17, 15) is 14.0 Å². The van der Waals surface area contributed by atoms with Crippen LogP contribution in [-0.4, -0.2) is 27.5 Å². The number of hydrogen-bond acceptors (Lipinski definition) is 7. The number of nitrogens with zero attached hydrogens (tertiary/aromatic N) is 2. The number of nitrogens with one attached hydrogen (secondary N) is 2. The van der Waals surface area contributed by atoms with Crippen molar-refractivity contribution in [1.82, 2.24) is 9.97 Å². The molecule has 4 aromatic rings. The van der Waals surface area contributed by atoms with Gasteiger partial charge in [0.1, 0.15) is 16.5 Å². The summed E-state index contributed by atoms with van der Waals surface area (Å²) < 4.78 is 13.1. The highest BCUT2D eigenvalue weighted by atomic mass is 32.2. The Morgan fingerprint density at radius 1 is 1.03 bits per heavy atom. The first-order chi connectivity index (χ1) is 15.0. The third-order valence-corrected chi connectivity index (χ3v) is 5.87. The van der Waals surface area contributed by atoms with Crippen molar-refractivity contribution < 1.29 is 14.0 Å². The zero-order chi connectivity index (χ0) is 21.8. The highest BCUT2D eigenvalue weighted by Crippen LogP contribution is 2.26. The van der Waals surface area contributed by atoms with Crippen molar-refractivity contribution >= 4 is 62.3 Å². The molecule has 2 aromatic heterocycles. The third kappa shape index (κ3) is 4.98. The topological polar surface area (TPSA) is 110 Å². The van der Waals surface area contributed by atoms with Crippen molar-refractivity contribution in [2.75, 3.05) is 22.1 Å². The molecule has 4 rings (SSSR count). The first kappa shape index (κ1) is 20.8. The van der Waals surface area contributed by atoms with Gasteiger partial charge < -0.3 is 16.4 Å². The van der Waals surface area contributed by atoms with Crippen LogP contribution in [-0.2, 0) is 4.79 Å². The molecule has 0 unspecified atom stereocenters. The lowest BCUT2D eigenvalue weighted by Gasteiger charge is -2.11. The van der Waals surface area contributed by atoms with Crippen molar-refractivity contribution in [2.24, 2.45) is 0 Å². The second-order valence-electron chi connectivity index (χ2n) is 6.37. The van der Waals surface area contributed by atoms with E-state index in [2.05, 4.69) is 20.6 Å². The summed E-state index contributed by atoms with van der Waals surface area (Å²) in [5.41, 5.74) is 7.02. The highest BCUT2D eigenvalue weighted by molar-refractivity contribution is 7.99. The third-order valence-electron chi connectivity index (χ3n) is 4.21. The predicted octanol–water partition coefficient (Wildman–Crippen LogP) is 4.40. The van der Waals surface area contributed by atoms with E-state index in [1.165, 1.54) is 35.6 Å². The number of carbonyl (C=O) groups is 2. The van der Waals surface area contributed by atoms with Gasteiger partial charge in [0.05, 0.1) is 22.4 Å². The molecule has 0 radical (unpaired) electrons. The second kappa shape index (κ2) is 9.11. The Bertz CT molecular complexity index is 1260. The number of halogens is 1. The van der Waals surface area contributed by atoms with Gasteiger partial charge in [0, 0.05) is 5.69 Å². The lowest BCUT2D eigenvalue weighted by atomic mass is 10.1. The van der Waals surface area contributed by atoms with Gasteiger partial charge in [-0.25, -0.2) is 14.4 Å². The number of nitrogens with two attached hydrogens (primary N) is 1. The van der Waals surface area contributed by atoms with Crippen LogP contribution in [0.25, 0.3) is 10.2 Å². The summed E-state index contributed by atoms with van der Waals surface area (Å²) in [7, 11) is 0. The van der Waals surface area contributed by atoms with E-state index in [1.54, 1.807) is 24.3 Å². The van der Waals surface area contributed by atoms with Crippen molar-refractivity contribution in [3.8, 4) is 0 Å². The summed E-state index contributed by atoms with van der Waals surface area (Å²) >= 11 is 2.60. The minimum atomic E-state index is -0.422. The van der Waals surface area contributed by atoms with Gasteiger partial charge in [-0.15, -0.1) is 11.3 Å². The molecule has 0 saturated heterocycles. The lowest BCUT2D eigenvalue weighted by molar-refractivity contribution is -0.113. The van der Waals surface area contributed by atoms with Crippen LogP contribution in [0.4, 0.5) is 21.6 Å². The molecule has 10 heteroatoms. The van der Waals surface area contributed by atoms with Crippen molar-refractivity contribution in [2.45, 2.75) is 5.16 Å². The zero-order valence-corrected chi connectivity index (χ0v) is 17.6. The fourth-order valence-corrected chi connectivity index (χ4v) is 4.24. The first-order valence-electron chi connectivity index (χ1n) is 9.09. The van der Waals surface area contributed by atoms with E-state index in [4.69, 9.17) is 5.73 Å². The number of fused-ring (bicyclic) bond motifs is 1. The molecule has 4 N–H and O–H groups in total. The molecule has 0 fully saturated rings. The number of aromatic nitrogens is 2. The Hall–Kier alpha value is -3.50. The van der Waals surface area contributed by atoms with E-state index in [-0.39, 0.29) is 17.2 Å². The first-order valence-corrected chi connectivity index (χ1v) is 11.0. The van der Waals surface area contributed by atoms with Crippen LogP contribution in [0.2, 0.25) is 0 Å². The van der Waals surface area contributed by atoms with E-state index < -0.39 is 11.7 Å². The Balaban J connectivity index is 1.42. The monoisotopic (exact) mass is 453 g/mol. The molecule has 0 atom stereocenters. The van der Waals surface area contributed by atoms with Crippen LogP contribution >= 0.6 is 23.1 Å². The minimum absolute atomic E-state index is 0.0459. The minimum Gasteiger partial charge on any atom is -0.383 e. The number of anilines is 3. The van der Waals surface area contributed by atoms with Gasteiger partial charge in [-0.3, -0.25) is 9.59 Å². The molecule has 0 saturated carbocycles. The Morgan fingerprint density at radius 2 is 1.81 bits per heavy atom. The maximum absolute atomic E-state index is 13.1. The summed E-state index contributed by atoms with van der Waals surface area (Å²) in [4.78, 5) is 34.5. The van der Waals surface area contributed by atoms with Gasteiger partial charge in [-0.2, -0.15) is 0 Å². The number of amides is 2. The maximum Gasteiger partial charge on any atom is 0.257 e. The van der Waals surface area contributed by atoms with E-state index >= 15 is 0 Å². The Labute approximate surface area is 184 Å². The zero-order valence-electron chi connectivity index (χ0n) is 16.0. The standard InChI is InChI=1S/C21H16FN5O2S2/c22-12-5-7-13(8-6-12)24-19(29)14-3-1-2-4-16(14)25-17(28)11-31-21-26-18(23)15-9-10-30-20(15)27-21/h1-10H,11H2,(H,24,29)(H,25,28)(H2,23,26,27). The van der Waals surface area contributed by atoms with Crippen LogP contribution in [0.5, 0.6) is 0 Å². The van der Waals surface area contributed by atoms with Crippen molar-refractivity contribution in [3.63, 3.8) is 0 Å². The van der Waals surface area contributed by atoms with E-state index in [1.807, 2.05) is 11.4 Å². The summed E-state index contributed by atoms with van der Waals surface area (Å²) in [5.74, 6) is -0.719. The van der Waals surface area contributed by atoms with Crippen LogP contribution in [0.15, 0.2) is 65.1 Å². The predicted molar refractivity (Wildman–Crippen MR) is 122 cm³/mol. The lowest BCUT2D eigenvalue weighted by Crippen LogP contribution is -2.19. The fourth-order valence-electron chi connectivity index (χ4n) is 2.76. The van der Waals surface area contributed by atoms with Gasteiger partial charge >= 0.3 is 0 Å². The van der Waals surface area contributed by atoms with Crippen LogP contribution in [0, 0.1) is 5.82 Å². The summed E-state index contributed by atoms with van der Waals surface area (Å²) in [6.07, 6.45) is 0. The fraction of sp³-hybridized carbons (Fsp3) is 0.0476. The molecule has 7 nitrogen and oxygen atoms in total. The SMILES string of the molecule is Nc1nc(SCC(=O)Nc2ccccc2C(=O)Nc2ccc(F)cc2)nc2sccc12. The molecule has 0 spiro atoms. The molecular formula is C21H16FN5O2S2. The molecule has 31 heavy (non-hydrogen) atoms. The van der Waals surface area contributed by atoms with Crippen LogP contribution in [0.3, 0.4) is 0 Å². The van der Waals surface area contributed by atoms with Crippen molar-refractivity contribution in [3.05, 3.63) is 71.4 Å². The molecule has 0 aliphatic carbocycles. The van der Waals surface area contributed by atoms with Gasteiger partial charge in [-0.1, -0.05) is 23.9 Å². The molecule has 2 aromatic carbocycles. The van der Waals surface area contributed by atoms with Crippen LogP contribution < -0.4 is 16.4 Å². The van der Waals surface area contributed by atoms with Gasteiger partial charge in [0.2, 0.25) is 5.91 Å². The summed E-state index contributed by atoms with van der Waals surface area (Å²) in [6.45, 7) is 0. The number of benzene rings is 2. The van der Waals surface area contributed by atoms with E-state index in [0.29, 0.717) is 22.3 Å². The number of rotatable bonds is 6. The smallest absolute Gasteiger partial charge is 0.257 e. The number of hydrogen-bond donors (Lipinski definition) is 3.